The molecule has 1 unspecified atom stereocenters. The molecule has 5 heteroatoms. The topological polar surface area (TPSA) is 70.6 Å². The quantitative estimate of drug-likeness (QED) is 0.411. The molecule has 0 aliphatic rings. The van der Waals surface area contributed by atoms with Gasteiger partial charge in [0.2, 0.25) is 0 Å². The third kappa shape index (κ3) is 5.31. The van der Waals surface area contributed by atoms with Crippen molar-refractivity contribution in [3.8, 4) is 0 Å². The number of rotatable bonds is 4. The first-order valence-corrected chi connectivity index (χ1v) is 6.89. The number of anilines is 1. The number of hydrogen-bond acceptors (Lipinski definition) is 2. The lowest BCUT2D eigenvalue weighted by molar-refractivity contribution is 0.0674. The van der Waals surface area contributed by atoms with Gasteiger partial charge in [-0.05, 0) is 37.1 Å². The van der Waals surface area contributed by atoms with Crippen molar-refractivity contribution in [3.63, 3.8) is 0 Å². The Kier molecular flexibility index (Phi) is 6.83. The van der Waals surface area contributed by atoms with E-state index in [2.05, 4.69) is 10.3 Å². The summed E-state index contributed by atoms with van der Waals surface area (Å²) in [5.41, 5.74) is 7.67. The van der Waals surface area contributed by atoms with E-state index in [0.29, 0.717) is 0 Å². The molecule has 0 saturated heterocycles. The number of hydrogen-bond donors (Lipinski definition) is 3. The summed E-state index contributed by atoms with van der Waals surface area (Å²) < 4.78 is 0. The highest BCUT2D eigenvalue weighted by atomic mass is 127. The van der Waals surface area contributed by atoms with E-state index in [1.165, 1.54) is 0 Å². The Hall–Kier alpha value is -1.60. The molecule has 0 heterocycles. The Balaban J connectivity index is 0.00000242. The minimum absolute atomic E-state index is 0. The lowest BCUT2D eigenvalue weighted by Crippen LogP contribution is -2.29. The first-order chi connectivity index (χ1) is 9.97. The molecular weight excluding hydrogens is 389 g/mol. The fourth-order valence-corrected chi connectivity index (χ4v) is 2.04. The molecule has 0 fully saturated rings. The molecule has 0 bridgehead atoms. The van der Waals surface area contributed by atoms with Crippen LogP contribution >= 0.6 is 24.0 Å². The molecule has 0 aliphatic carbocycles. The number of nitrogens with two attached hydrogens (primary N) is 1. The van der Waals surface area contributed by atoms with Gasteiger partial charge < -0.3 is 16.2 Å². The largest absolute Gasteiger partial charge is 0.384 e. The number of halogens is 1. The average molecular weight is 411 g/mol. The van der Waals surface area contributed by atoms with Crippen LogP contribution in [-0.2, 0) is 5.60 Å². The third-order valence-electron chi connectivity index (χ3n) is 3.24. The Labute approximate surface area is 148 Å². The summed E-state index contributed by atoms with van der Waals surface area (Å²) in [5, 5.41) is 13.5. The zero-order valence-electron chi connectivity index (χ0n) is 12.8. The minimum Gasteiger partial charge on any atom is -0.384 e. The maximum absolute atomic E-state index is 10.5. The van der Waals surface area contributed by atoms with Crippen LogP contribution in [0, 0.1) is 6.92 Å². The highest BCUT2D eigenvalue weighted by Gasteiger charge is 2.22. The second kappa shape index (κ2) is 8.14. The van der Waals surface area contributed by atoms with Crippen molar-refractivity contribution in [3.05, 3.63) is 65.7 Å². The van der Waals surface area contributed by atoms with E-state index in [4.69, 9.17) is 5.73 Å². The summed E-state index contributed by atoms with van der Waals surface area (Å²) in [4.78, 5) is 4.23. The predicted octanol–water partition coefficient (Wildman–Crippen LogP) is 3.25. The SMILES string of the molecule is Cc1cccc(NC(N)=NCC(C)(O)c2ccccc2)c1.I. The Morgan fingerprint density at radius 1 is 1.18 bits per heavy atom. The molecule has 22 heavy (non-hydrogen) atoms. The van der Waals surface area contributed by atoms with Crippen LogP contribution < -0.4 is 11.1 Å². The molecule has 2 rings (SSSR count). The van der Waals surface area contributed by atoms with Crippen molar-refractivity contribution >= 4 is 35.6 Å². The number of benzene rings is 2. The van der Waals surface area contributed by atoms with Gasteiger partial charge in [0.15, 0.2) is 5.96 Å². The molecule has 2 aromatic rings. The van der Waals surface area contributed by atoms with Gasteiger partial charge in [-0.2, -0.15) is 0 Å². The minimum atomic E-state index is -1.04. The zero-order chi connectivity index (χ0) is 15.3. The Morgan fingerprint density at radius 3 is 2.50 bits per heavy atom. The first kappa shape index (κ1) is 18.4. The lowest BCUT2D eigenvalue weighted by atomic mass is 9.96. The molecule has 4 nitrogen and oxygen atoms in total. The van der Waals surface area contributed by atoms with Gasteiger partial charge in [0, 0.05) is 5.69 Å². The number of guanidine groups is 1. The number of nitrogens with one attached hydrogen (secondary N) is 1. The van der Waals surface area contributed by atoms with E-state index in [9.17, 15) is 5.11 Å². The first-order valence-electron chi connectivity index (χ1n) is 6.89. The summed E-state index contributed by atoms with van der Waals surface area (Å²) in [5.74, 6) is 0.289. The molecule has 0 saturated carbocycles. The van der Waals surface area contributed by atoms with E-state index in [1.54, 1.807) is 6.92 Å². The highest BCUT2D eigenvalue weighted by Crippen LogP contribution is 2.20. The Bertz CT molecular complexity index is 627. The van der Waals surface area contributed by atoms with Gasteiger partial charge >= 0.3 is 0 Å². The third-order valence-corrected chi connectivity index (χ3v) is 3.24. The van der Waals surface area contributed by atoms with Crippen molar-refractivity contribution < 1.29 is 5.11 Å². The highest BCUT2D eigenvalue weighted by molar-refractivity contribution is 14.0. The van der Waals surface area contributed by atoms with Gasteiger partial charge in [0.25, 0.3) is 0 Å². The summed E-state index contributed by atoms with van der Waals surface area (Å²) >= 11 is 0. The molecule has 4 N–H and O–H groups in total. The van der Waals surface area contributed by atoms with Crippen LogP contribution in [0.25, 0.3) is 0 Å². The van der Waals surface area contributed by atoms with Crippen molar-refractivity contribution in [2.45, 2.75) is 19.4 Å². The smallest absolute Gasteiger partial charge is 0.193 e. The monoisotopic (exact) mass is 411 g/mol. The predicted molar refractivity (Wildman–Crippen MR) is 103 cm³/mol. The standard InChI is InChI=1S/C17H21N3O.HI/c1-13-7-6-10-15(11-13)20-16(18)19-12-17(2,21)14-8-4-3-5-9-14;/h3-11,21H,12H2,1-2H3,(H3,18,19,20);1H. The second-order valence-corrected chi connectivity index (χ2v) is 5.34. The fourth-order valence-electron chi connectivity index (χ4n) is 2.04. The second-order valence-electron chi connectivity index (χ2n) is 5.34. The number of nitrogens with zero attached hydrogens (tertiary/aromatic N) is 1. The van der Waals surface area contributed by atoms with Crippen LogP contribution in [0.3, 0.4) is 0 Å². The van der Waals surface area contributed by atoms with Crippen molar-refractivity contribution in [1.29, 1.82) is 0 Å². The zero-order valence-corrected chi connectivity index (χ0v) is 15.1. The summed E-state index contributed by atoms with van der Waals surface area (Å²) in [6.45, 7) is 3.94. The van der Waals surface area contributed by atoms with E-state index < -0.39 is 5.60 Å². The van der Waals surface area contributed by atoms with E-state index >= 15 is 0 Å². The van der Waals surface area contributed by atoms with Crippen LogP contribution in [0.5, 0.6) is 0 Å². The van der Waals surface area contributed by atoms with E-state index in [-0.39, 0.29) is 36.5 Å². The Morgan fingerprint density at radius 2 is 1.86 bits per heavy atom. The van der Waals surface area contributed by atoms with Gasteiger partial charge in [-0.1, -0.05) is 42.5 Å². The number of aliphatic imine (C=N–C) groups is 1. The van der Waals surface area contributed by atoms with Crippen LogP contribution in [-0.4, -0.2) is 17.6 Å². The van der Waals surface area contributed by atoms with Crippen molar-refractivity contribution in [2.24, 2.45) is 10.7 Å². The number of aliphatic hydroxyl groups is 1. The molecular formula is C17H22IN3O. The van der Waals surface area contributed by atoms with Crippen molar-refractivity contribution in [2.75, 3.05) is 11.9 Å². The molecule has 0 aliphatic heterocycles. The molecule has 0 spiro atoms. The maximum Gasteiger partial charge on any atom is 0.193 e. The molecule has 0 amide bonds. The van der Waals surface area contributed by atoms with Crippen LogP contribution in [0.4, 0.5) is 5.69 Å². The van der Waals surface area contributed by atoms with Crippen LogP contribution in [0.15, 0.2) is 59.6 Å². The van der Waals surface area contributed by atoms with Gasteiger partial charge in [-0.15, -0.1) is 24.0 Å². The normalized spacial score (nSPS) is 13.9. The molecule has 1 atom stereocenters. The average Bonchev–Trinajstić information content (AvgIpc) is 2.46. The van der Waals surface area contributed by atoms with Gasteiger partial charge in [-0.3, -0.25) is 0 Å². The van der Waals surface area contributed by atoms with Crippen LogP contribution in [0.2, 0.25) is 0 Å². The van der Waals surface area contributed by atoms with E-state index in [1.807, 2.05) is 61.5 Å². The van der Waals surface area contributed by atoms with Crippen LogP contribution in [0.1, 0.15) is 18.1 Å². The maximum atomic E-state index is 10.5. The molecule has 0 radical (unpaired) electrons. The summed E-state index contributed by atoms with van der Waals surface area (Å²) in [7, 11) is 0. The van der Waals surface area contributed by atoms with Crippen molar-refractivity contribution in [1.82, 2.24) is 0 Å². The molecule has 2 aromatic carbocycles. The summed E-state index contributed by atoms with van der Waals surface area (Å²) in [6.07, 6.45) is 0. The fraction of sp³-hybridized carbons (Fsp3) is 0.235. The van der Waals surface area contributed by atoms with Gasteiger partial charge in [0.05, 0.1) is 6.54 Å². The number of aryl methyl sites for hydroxylation is 1. The summed E-state index contributed by atoms with van der Waals surface area (Å²) in [6, 6.07) is 17.3. The van der Waals surface area contributed by atoms with Gasteiger partial charge in [0.1, 0.15) is 5.60 Å². The van der Waals surface area contributed by atoms with E-state index in [0.717, 1.165) is 16.8 Å². The van der Waals surface area contributed by atoms with Gasteiger partial charge in [-0.25, -0.2) is 4.99 Å². The molecule has 0 aromatic heterocycles. The lowest BCUT2D eigenvalue weighted by Gasteiger charge is -2.21. The molecule has 118 valence electrons.